The van der Waals surface area contributed by atoms with Crippen LogP contribution in [0.4, 0.5) is 11.4 Å². The van der Waals surface area contributed by atoms with E-state index in [4.69, 9.17) is 14.2 Å². The molecule has 2 heterocycles. The predicted octanol–water partition coefficient (Wildman–Crippen LogP) is 3.03. The molecule has 1 saturated heterocycles. The second-order valence-electron chi connectivity index (χ2n) is 6.07. The monoisotopic (exact) mass is 326 g/mol. The molecule has 0 radical (unpaired) electrons. The molecule has 0 aromatic heterocycles. The molecule has 0 aliphatic carbocycles. The SMILES string of the molecule is c1cc(Nc2ccc3c(c2)OCCO3)ccc1CN1CCOCC1. The number of benzene rings is 2. The van der Waals surface area contributed by atoms with Gasteiger partial charge < -0.3 is 19.5 Å². The van der Waals surface area contributed by atoms with Crippen LogP contribution in [0.5, 0.6) is 11.5 Å². The second-order valence-corrected chi connectivity index (χ2v) is 6.07. The summed E-state index contributed by atoms with van der Waals surface area (Å²) in [6.07, 6.45) is 0. The number of nitrogens with zero attached hydrogens (tertiary/aromatic N) is 1. The summed E-state index contributed by atoms with van der Waals surface area (Å²) in [6.45, 7) is 5.90. The van der Waals surface area contributed by atoms with Crippen LogP contribution in [0.1, 0.15) is 5.56 Å². The van der Waals surface area contributed by atoms with Crippen LogP contribution in [0.2, 0.25) is 0 Å². The Balaban J connectivity index is 1.39. The molecule has 126 valence electrons. The summed E-state index contributed by atoms with van der Waals surface area (Å²) in [6, 6.07) is 14.5. The van der Waals surface area contributed by atoms with Crippen LogP contribution in [0.25, 0.3) is 0 Å². The molecule has 2 aromatic carbocycles. The smallest absolute Gasteiger partial charge is 0.163 e. The van der Waals surface area contributed by atoms with Gasteiger partial charge in [0.25, 0.3) is 0 Å². The van der Waals surface area contributed by atoms with Crippen LogP contribution >= 0.6 is 0 Å². The minimum atomic E-state index is 0.604. The molecule has 0 bridgehead atoms. The molecule has 2 aliphatic rings. The quantitative estimate of drug-likeness (QED) is 0.935. The van der Waals surface area contributed by atoms with E-state index in [9.17, 15) is 0 Å². The zero-order chi connectivity index (χ0) is 16.2. The lowest BCUT2D eigenvalue weighted by Crippen LogP contribution is -2.35. The normalized spacial score (nSPS) is 17.5. The number of morpholine rings is 1. The first kappa shape index (κ1) is 15.3. The molecule has 1 N–H and O–H groups in total. The van der Waals surface area contributed by atoms with Crippen molar-refractivity contribution in [3.8, 4) is 11.5 Å². The summed E-state index contributed by atoms with van der Waals surface area (Å²) < 4.78 is 16.6. The summed E-state index contributed by atoms with van der Waals surface area (Å²) >= 11 is 0. The van der Waals surface area contributed by atoms with Gasteiger partial charge in [-0.05, 0) is 29.8 Å². The lowest BCUT2D eigenvalue weighted by molar-refractivity contribution is 0.0342. The Morgan fingerprint density at radius 1 is 0.792 bits per heavy atom. The van der Waals surface area contributed by atoms with Crippen LogP contribution in [0, 0.1) is 0 Å². The third kappa shape index (κ3) is 3.63. The fourth-order valence-corrected chi connectivity index (χ4v) is 3.00. The Hall–Kier alpha value is -2.24. The number of nitrogens with one attached hydrogen (secondary N) is 1. The highest BCUT2D eigenvalue weighted by Crippen LogP contribution is 2.33. The van der Waals surface area contributed by atoms with Crippen molar-refractivity contribution in [1.82, 2.24) is 4.90 Å². The van der Waals surface area contributed by atoms with Crippen LogP contribution in [-0.4, -0.2) is 44.4 Å². The molecule has 0 saturated carbocycles. The molecule has 0 atom stereocenters. The van der Waals surface area contributed by atoms with Crippen molar-refractivity contribution >= 4 is 11.4 Å². The van der Waals surface area contributed by atoms with Crippen LogP contribution in [0.15, 0.2) is 42.5 Å². The van der Waals surface area contributed by atoms with Gasteiger partial charge in [0.15, 0.2) is 11.5 Å². The molecule has 5 heteroatoms. The third-order valence-electron chi connectivity index (χ3n) is 4.29. The first-order valence-corrected chi connectivity index (χ1v) is 8.42. The minimum absolute atomic E-state index is 0.604. The van der Waals surface area contributed by atoms with Crippen molar-refractivity contribution < 1.29 is 14.2 Å². The Morgan fingerprint density at radius 2 is 1.50 bits per heavy atom. The number of hydrogen-bond acceptors (Lipinski definition) is 5. The maximum atomic E-state index is 5.62. The second kappa shape index (κ2) is 7.11. The average Bonchev–Trinajstić information content (AvgIpc) is 2.64. The van der Waals surface area contributed by atoms with Gasteiger partial charge in [-0.25, -0.2) is 0 Å². The number of ether oxygens (including phenoxy) is 3. The molecule has 0 unspecified atom stereocenters. The lowest BCUT2D eigenvalue weighted by atomic mass is 10.1. The van der Waals surface area contributed by atoms with Crippen molar-refractivity contribution in [2.45, 2.75) is 6.54 Å². The molecule has 4 rings (SSSR count). The topological polar surface area (TPSA) is 43.0 Å². The van der Waals surface area contributed by atoms with E-state index in [1.54, 1.807) is 0 Å². The molecule has 1 fully saturated rings. The van der Waals surface area contributed by atoms with Crippen LogP contribution < -0.4 is 14.8 Å². The predicted molar refractivity (Wildman–Crippen MR) is 93.3 cm³/mol. The highest BCUT2D eigenvalue weighted by Gasteiger charge is 2.12. The van der Waals surface area contributed by atoms with Gasteiger partial charge >= 0.3 is 0 Å². The maximum absolute atomic E-state index is 5.62. The van der Waals surface area contributed by atoms with E-state index in [2.05, 4.69) is 34.5 Å². The Kier molecular flexibility index (Phi) is 4.53. The molecule has 0 amide bonds. The molecule has 2 aromatic rings. The van der Waals surface area contributed by atoms with Gasteiger partial charge in [0.05, 0.1) is 13.2 Å². The molecular weight excluding hydrogens is 304 g/mol. The van der Waals surface area contributed by atoms with E-state index in [1.807, 2.05) is 18.2 Å². The van der Waals surface area contributed by atoms with E-state index in [0.717, 1.165) is 55.7 Å². The van der Waals surface area contributed by atoms with E-state index < -0.39 is 0 Å². The summed E-state index contributed by atoms with van der Waals surface area (Å²) in [4.78, 5) is 2.42. The largest absolute Gasteiger partial charge is 0.486 e. The van der Waals surface area contributed by atoms with Gasteiger partial charge in [-0.15, -0.1) is 0 Å². The first-order valence-electron chi connectivity index (χ1n) is 8.42. The Bertz CT molecular complexity index is 682. The van der Waals surface area contributed by atoms with E-state index >= 15 is 0 Å². The van der Waals surface area contributed by atoms with Gasteiger partial charge in [0.2, 0.25) is 0 Å². The van der Waals surface area contributed by atoms with E-state index in [0.29, 0.717) is 13.2 Å². The van der Waals surface area contributed by atoms with Crippen LogP contribution in [-0.2, 0) is 11.3 Å². The standard InChI is InChI=1S/C19H22N2O3/c1-3-16(4-2-15(1)14-21-7-9-22-10-8-21)20-17-5-6-18-19(13-17)24-12-11-23-18/h1-6,13,20H,7-12,14H2. The minimum Gasteiger partial charge on any atom is -0.486 e. The third-order valence-corrected chi connectivity index (χ3v) is 4.29. The zero-order valence-corrected chi connectivity index (χ0v) is 13.7. The summed E-state index contributed by atoms with van der Waals surface area (Å²) in [5.74, 6) is 1.61. The van der Waals surface area contributed by atoms with Gasteiger partial charge in [-0.2, -0.15) is 0 Å². The van der Waals surface area contributed by atoms with Crippen LogP contribution in [0.3, 0.4) is 0 Å². The number of anilines is 2. The first-order chi connectivity index (χ1) is 11.9. The Morgan fingerprint density at radius 3 is 2.29 bits per heavy atom. The van der Waals surface area contributed by atoms with Gasteiger partial charge in [-0.3, -0.25) is 4.90 Å². The molecule has 0 spiro atoms. The van der Waals surface area contributed by atoms with E-state index in [1.165, 1.54) is 5.56 Å². The summed E-state index contributed by atoms with van der Waals surface area (Å²) in [5, 5.41) is 3.42. The van der Waals surface area contributed by atoms with Crippen molar-refractivity contribution in [1.29, 1.82) is 0 Å². The Labute approximate surface area is 142 Å². The summed E-state index contributed by atoms with van der Waals surface area (Å²) in [5.41, 5.74) is 3.39. The fraction of sp³-hybridized carbons (Fsp3) is 0.368. The number of hydrogen-bond donors (Lipinski definition) is 1. The average molecular weight is 326 g/mol. The van der Waals surface area contributed by atoms with Gasteiger partial charge in [-0.1, -0.05) is 12.1 Å². The maximum Gasteiger partial charge on any atom is 0.163 e. The highest BCUT2D eigenvalue weighted by atomic mass is 16.6. The van der Waals surface area contributed by atoms with Crippen molar-refractivity contribution in [3.05, 3.63) is 48.0 Å². The zero-order valence-electron chi connectivity index (χ0n) is 13.7. The number of fused-ring (bicyclic) bond motifs is 1. The van der Waals surface area contributed by atoms with E-state index in [-0.39, 0.29) is 0 Å². The molecular formula is C19H22N2O3. The molecule has 2 aliphatic heterocycles. The summed E-state index contributed by atoms with van der Waals surface area (Å²) in [7, 11) is 0. The number of rotatable bonds is 4. The van der Waals surface area contributed by atoms with Gasteiger partial charge in [0, 0.05) is 37.1 Å². The van der Waals surface area contributed by atoms with Gasteiger partial charge in [0.1, 0.15) is 13.2 Å². The molecule has 24 heavy (non-hydrogen) atoms. The molecule has 5 nitrogen and oxygen atoms in total. The fourth-order valence-electron chi connectivity index (χ4n) is 3.00. The van der Waals surface area contributed by atoms with Crippen molar-refractivity contribution in [3.63, 3.8) is 0 Å². The highest BCUT2D eigenvalue weighted by molar-refractivity contribution is 5.63. The van der Waals surface area contributed by atoms with Crippen molar-refractivity contribution in [2.75, 3.05) is 44.8 Å². The lowest BCUT2D eigenvalue weighted by Gasteiger charge is -2.26. The van der Waals surface area contributed by atoms with Crippen molar-refractivity contribution in [2.24, 2.45) is 0 Å².